The van der Waals surface area contributed by atoms with E-state index in [9.17, 15) is 0 Å². The quantitative estimate of drug-likeness (QED) is 0.157. The molecule has 0 unspecified atom stereocenters. The molecule has 0 spiro atoms. The first kappa shape index (κ1) is 42.7. The zero-order chi connectivity index (χ0) is 37.8. The van der Waals surface area contributed by atoms with Crippen LogP contribution in [0.2, 0.25) is 0 Å². The third-order valence-corrected chi connectivity index (χ3v) is 20.4. The molecule has 5 heteroatoms. The summed E-state index contributed by atoms with van der Waals surface area (Å²) in [6, 6.07) is 50.9. The first-order valence-electron chi connectivity index (χ1n) is 19.0. The maximum atomic E-state index is 3.76. The molecule has 6 aromatic rings. The molecule has 0 saturated carbocycles. The van der Waals surface area contributed by atoms with E-state index in [0.29, 0.717) is 0 Å². The fraction of sp³-hybridized carbons (Fsp3) is 0.196. The van der Waals surface area contributed by atoms with Crippen LogP contribution in [0.25, 0.3) is 33.4 Å². The summed E-state index contributed by atoms with van der Waals surface area (Å²) < 4.78 is 5.69. The van der Waals surface area contributed by atoms with Crippen LogP contribution >= 0.6 is 31.9 Å². The molecule has 0 heterocycles. The second-order valence-electron chi connectivity index (χ2n) is 16.8. The molecular formula is C51H46Br2Cl2Zr. The van der Waals surface area contributed by atoms with Crippen LogP contribution in [0.3, 0.4) is 0 Å². The molecule has 0 nitrogen and oxygen atoms in total. The van der Waals surface area contributed by atoms with Gasteiger partial charge in [-0.3, -0.25) is 0 Å². The number of halogens is 4. The van der Waals surface area contributed by atoms with Crippen LogP contribution < -0.4 is 24.8 Å². The van der Waals surface area contributed by atoms with Crippen molar-refractivity contribution in [1.82, 2.24) is 0 Å². The van der Waals surface area contributed by atoms with Gasteiger partial charge < -0.3 is 24.8 Å². The summed E-state index contributed by atoms with van der Waals surface area (Å²) in [5, 5.41) is 0. The van der Waals surface area contributed by atoms with Crippen LogP contribution in [0, 0.1) is 0 Å². The Morgan fingerprint density at radius 1 is 0.536 bits per heavy atom. The van der Waals surface area contributed by atoms with Gasteiger partial charge in [-0.25, -0.2) is 0 Å². The average molecular weight is 981 g/mol. The Kier molecular flexibility index (Phi) is 13.1. The summed E-state index contributed by atoms with van der Waals surface area (Å²) in [5.41, 5.74) is 16.5. The largest absolute Gasteiger partial charge is 1.00 e. The monoisotopic (exact) mass is 976 g/mol. The second kappa shape index (κ2) is 17.1. The minimum absolute atomic E-state index is 0. The summed E-state index contributed by atoms with van der Waals surface area (Å²) in [7, 11) is 0. The minimum Gasteiger partial charge on any atom is -1.00 e. The van der Waals surface area contributed by atoms with E-state index in [0.717, 1.165) is 15.4 Å². The van der Waals surface area contributed by atoms with Gasteiger partial charge >= 0.3 is 349 Å². The smallest absolute Gasteiger partial charge is 1.00 e. The van der Waals surface area contributed by atoms with Crippen molar-refractivity contribution in [3.63, 3.8) is 0 Å². The van der Waals surface area contributed by atoms with Crippen molar-refractivity contribution in [1.29, 1.82) is 0 Å². The fourth-order valence-corrected chi connectivity index (χ4v) is 18.0. The van der Waals surface area contributed by atoms with Crippen LogP contribution in [-0.4, -0.2) is 3.21 Å². The van der Waals surface area contributed by atoms with Gasteiger partial charge in [0, 0.05) is 0 Å². The standard InChI is InChI=1S/C33H33.C13H8Br2.C5H5.2ClH.Zr/c1-32(2,3)30-20-26-24(18-28(30)22-13-9-7-10-14-22)17-25-19-29(23-15-11-8-12-16-23)31(21-27(25)26)33(4,5)6;14-12-5-1-10(2-6-12)9-11-3-7-13(15)8-4-11;1-2-4-5-3-1;;;/h7-21H,1-6H3;1-8H;1-3H,4H2;2*1H;/q;;;;;+2/p-2. The molecule has 0 atom stereocenters. The van der Waals surface area contributed by atoms with Crippen molar-refractivity contribution < 1.29 is 46.1 Å². The molecule has 0 radical (unpaired) electrons. The third kappa shape index (κ3) is 8.33. The van der Waals surface area contributed by atoms with Crippen LogP contribution in [0.1, 0.15) is 85.0 Å². The van der Waals surface area contributed by atoms with Crippen molar-refractivity contribution in [2.75, 3.05) is 0 Å². The molecule has 0 fully saturated rings. The third-order valence-electron chi connectivity index (χ3n) is 11.0. The SMILES string of the molecule is CC(C)(C)c1cc2c(cc1-c1ccccc1)[CH]([Zr+2]([C]1=CC=CC1)=[C](c1ccc(Br)cc1)c1ccc(Br)cc1)c1cc(-c3ccccc3)c(C(C)(C)C)cc1-2.[Cl-].[Cl-]. The molecule has 0 saturated heterocycles. The Morgan fingerprint density at radius 2 is 0.946 bits per heavy atom. The summed E-state index contributed by atoms with van der Waals surface area (Å²) in [6.07, 6.45) is 8.18. The molecule has 282 valence electrons. The predicted octanol–water partition coefficient (Wildman–Crippen LogP) is 8.95. The number of hydrogen-bond donors (Lipinski definition) is 0. The topological polar surface area (TPSA) is 0 Å². The first-order valence-corrected chi connectivity index (χ1v) is 24.4. The zero-order valence-electron chi connectivity index (χ0n) is 32.7. The number of fused-ring (bicyclic) bond motifs is 3. The van der Waals surface area contributed by atoms with E-state index < -0.39 is 21.3 Å². The summed E-state index contributed by atoms with van der Waals surface area (Å²) in [6.45, 7) is 14.2. The van der Waals surface area contributed by atoms with E-state index in [1.165, 1.54) is 66.8 Å². The molecule has 2 aliphatic carbocycles. The second-order valence-corrected chi connectivity index (χ2v) is 24.9. The van der Waals surface area contributed by atoms with Crippen molar-refractivity contribution in [3.8, 4) is 33.4 Å². The van der Waals surface area contributed by atoms with Gasteiger partial charge in [-0.2, -0.15) is 0 Å². The number of benzene rings is 6. The Morgan fingerprint density at radius 3 is 1.30 bits per heavy atom. The van der Waals surface area contributed by atoms with E-state index in [1.807, 2.05) is 0 Å². The average Bonchev–Trinajstić information content (AvgIpc) is 3.80. The Bertz CT molecular complexity index is 2310. The van der Waals surface area contributed by atoms with Crippen LogP contribution in [0.4, 0.5) is 0 Å². The molecule has 0 bridgehead atoms. The molecule has 0 N–H and O–H groups in total. The van der Waals surface area contributed by atoms with Gasteiger partial charge in [0.1, 0.15) is 0 Å². The van der Waals surface area contributed by atoms with E-state index >= 15 is 0 Å². The van der Waals surface area contributed by atoms with Crippen LogP contribution in [-0.2, 0) is 32.1 Å². The van der Waals surface area contributed by atoms with Crippen molar-refractivity contribution >= 4 is 35.1 Å². The van der Waals surface area contributed by atoms with Gasteiger partial charge in [-0.05, 0) is 0 Å². The van der Waals surface area contributed by atoms with Gasteiger partial charge in [0.25, 0.3) is 0 Å². The molecule has 6 aromatic carbocycles. The molecule has 2 aliphatic rings. The Balaban J connectivity index is 0.00000266. The van der Waals surface area contributed by atoms with Gasteiger partial charge in [-0.15, -0.1) is 0 Å². The van der Waals surface area contributed by atoms with Gasteiger partial charge in [0.15, 0.2) is 0 Å². The fourth-order valence-electron chi connectivity index (χ4n) is 8.46. The van der Waals surface area contributed by atoms with Crippen LogP contribution in [0.5, 0.6) is 0 Å². The normalized spacial score (nSPS) is 13.2. The van der Waals surface area contributed by atoms with Crippen LogP contribution in [0.15, 0.2) is 164 Å². The Labute approximate surface area is 370 Å². The molecule has 0 aliphatic heterocycles. The van der Waals surface area contributed by atoms with Crippen molar-refractivity contribution in [3.05, 3.63) is 197 Å². The van der Waals surface area contributed by atoms with E-state index in [2.05, 4.69) is 225 Å². The number of rotatable bonds is 6. The molecule has 0 aromatic heterocycles. The van der Waals surface area contributed by atoms with Gasteiger partial charge in [0.05, 0.1) is 0 Å². The maximum absolute atomic E-state index is 3.76. The molecular weight excluding hydrogens is 934 g/mol. The minimum atomic E-state index is -2.97. The van der Waals surface area contributed by atoms with Gasteiger partial charge in [-0.1, -0.05) is 0 Å². The predicted molar refractivity (Wildman–Crippen MR) is 235 cm³/mol. The van der Waals surface area contributed by atoms with E-state index in [1.54, 1.807) is 6.49 Å². The maximum Gasteiger partial charge on any atom is -1.00 e. The molecule has 56 heavy (non-hydrogen) atoms. The van der Waals surface area contributed by atoms with Crippen molar-refractivity contribution in [2.24, 2.45) is 0 Å². The first-order chi connectivity index (χ1) is 25.9. The number of allylic oxidation sites excluding steroid dienone is 4. The summed E-state index contributed by atoms with van der Waals surface area (Å²) in [5.74, 6) is 0. The zero-order valence-corrected chi connectivity index (χ0v) is 39.9. The van der Waals surface area contributed by atoms with Crippen molar-refractivity contribution in [2.45, 2.75) is 62.4 Å². The summed E-state index contributed by atoms with van der Waals surface area (Å²) in [4.78, 5) is 0. The summed E-state index contributed by atoms with van der Waals surface area (Å²) >= 11 is 4.55. The molecule has 0 amide bonds. The number of hydrogen-bond acceptors (Lipinski definition) is 0. The van der Waals surface area contributed by atoms with Gasteiger partial charge in [0.2, 0.25) is 0 Å². The van der Waals surface area contributed by atoms with E-state index in [4.69, 9.17) is 0 Å². The molecule has 8 rings (SSSR count). The Hall–Kier alpha value is -2.91. The van der Waals surface area contributed by atoms with E-state index in [-0.39, 0.29) is 39.3 Å².